The zero-order valence-electron chi connectivity index (χ0n) is 8.75. The van der Waals surface area contributed by atoms with E-state index in [0.717, 1.165) is 19.4 Å². The fraction of sp³-hybridized carbons (Fsp3) is 0.778. The molecule has 0 spiro atoms. The molecule has 1 aliphatic rings. The van der Waals surface area contributed by atoms with Gasteiger partial charge in [-0.3, -0.25) is 5.43 Å². The number of hydrogen-bond acceptors (Lipinski definition) is 4. The Morgan fingerprint density at radius 1 is 1.53 bits per heavy atom. The van der Waals surface area contributed by atoms with Crippen LogP contribution in [0.1, 0.15) is 25.7 Å². The number of rotatable bonds is 2. The van der Waals surface area contributed by atoms with Crippen molar-refractivity contribution in [1.82, 2.24) is 10.9 Å². The molecule has 0 aliphatic carbocycles. The molecule has 1 rings (SSSR count). The van der Waals surface area contributed by atoms with Crippen LogP contribution in [-0.2, 0) is 9.47 Å². The largest absolute Gasteiger partial charge is 0.452 e. The molecular formula is C9H16N2O3S. The van der Waals surface area contributed by atoms with E-state index in [1.165, 1.54) is 13.5 Å². The maximum absolute atomic E-state index is 10.7. The van der Waals surface area contributed by atoms with Crippen molar-refractivity contribution >= 4 is 23.3 Å². The van der Waals surface area contributed by atoms with Crippen molar-refractivity contribution in [3.63, 3.8) is 0 Å². The topological polar surface area (TPSA) is 59.6 Å². The van der Waals surface area contributed by atoms with E-state index >= 15 is 0 Å². The van der Waals surface area contributed by atoms with Crippen molar-refractivity contribution < 1.29 is 14.3 Å². The minimum absolute atomic E-state index is 0.179. The van der Waals surface area contributed by atoms with Crippen LogP contribution in [0, 0.1) is 0 Å². The SMILES string of the molecule is COC(=O)NNC(=S)CC1CCCCO1. The molecule has 86 valence electrons. The van der Waals surface area contributed by atoms with Crippen LogP contribution in [0.2, 0.25) is 0 Å². The smallest absolute Gasteiger partial charge is 0.425 e. The maximum Gasteiger partial charge on any atom is 0.425 e. The zero-order valence-corrected chi connectivity index (χ0v) is 9.56. The number of hydrogen-bond donors (Lipinski definition) is 2. The van der Waals surface area contributed by atoms with Crippen LogP contribution in [0.4, 0.5) is 4.79 Å². The first-order valence-corrected chi connectivity index (χ1v) is 5.37. The Balaban J connectivity index is 2.14. The van der Waals surface area contributed by atoms with E-state index in [4.69, 9.17) is 17.0 Å². The molecule has 1 unspecified atom stereocenters. The predicted molar refractivity (Wildman–Crippen MR) is 59.5 cm³/mol. The van der Waals surface area contributed by atoms with E-state index in [9.17, 15) is 4.79 Å². The second kappa shape index (κ2) is 6.58. The average molecular weight is 232 g/mol. The van der Waals surface area contributed by atoms with E-state index in [0.29, 0.717) is 11.4 Å². The first-order chi connectivity index (χ1) is 7.22. The highest BCUT2D eigenvalue weighted by molar-refractivity contribution is 7.80. The maximum atomic E-state index is 10.7. The third-order valence-corrected chi connectivity index (χ3v) is 2.45. The van der Waals surface area contributed by atoms with Gasteiger partial charge in [0, 0.05) is 13.0 Å². The molecule has 1 atom stereocenters. The molecule has 1 saturated heterocycles. The summed E-state index contributed by atoms with van der Waals surface area (Å²) in [6.07, 6.45) is 3.59. The Kier molecular flexibility index (Phi) is 5.34. The first kappa shape index (κ1) is 12.2. The summed E-state index contributed by atoms with van der Waals surface area (Å²) in [7, 11) is 1.30. The molecule has 0 radical (unpaired) electrons. The van der Waals surface area contributed by atoms with Crippen molar-refractivity contribution in [2.75, 3.05) is 13.7 Å². The highest BCUT2D eigenvalue weighted by Crippen LogP contribution is 2.15. The van der Waals surface area contributed by atoms with Crippen LogP contribution >= 0.6 is 12.2 Å². The summed E-state index contributed by atoms with van der Waals surface area (Å²) in [6, 6.07) is 0. The summed E-state index contributed by atoms with van der Waals surface area (Å²) in [6.45, 7) is 0.803. The Morgan fingerprint density at radius 2 is 2.33 bits per heavy atom. The Bertz CT molecular complexity index is 229. The normalized spacial score (nSPS) is 20.5. The monoisotopic (exact) mass is 232 g/mol. The van der Waals surface area contributed by atoms with Gasteiger partial charge in [0.15, 0.2) is 0 Å². The molecule has 1 heterocycles. The quantitative estimate of drug-likeness (QED) is 0.552. The van der Waals surface area contributed by atoms with Gasteiger partial charge in [-0.1, -0.05) is 12.2 Å². The fourth-order valence-electron chi connectivity index (χ4n) is 1.40. The molecule has 0 aromatic heterocycles. The van der Waals surface area contributed by atoms with Crippen molar-refractivity contribution in [3.05, 3.63) is 0 Å². The van der Waals surface area contributed by atoms with Crippen LogP contribution in [0.15, 0.2) is 0 Å². The van der Waals surface area contributed by atoms with Gasteiger partial charge in [-0.15, -0.1) is 0 Å². The molecule has 5 nitrogen and oxygen atoms in total. The molecular weight excluding hydrogens is 216 g/mol. The van der Waals surface area contributed by atoms with Crippen LogP contribution in [0.25, 0.3) is 0 Å². The van der Waals surface area contributed by atoms with Gasteiger partial charge in [-0.05, 0) is 19.3 Å². The number of hydrazine groups is 1. The Labute approximate surface area is 94.5 Å². The summed E-state index contributed by atoms with van der Waals surface area (Å²) in [5.41, 5.74) is 4.92. The minimum atomic E-state index is -0.554. The lowest BCUT2D eigenvalue weighted by Gasteiger charge is -2.22. The van der Waals surface area contributed by atoms with Gasteiger partial charge in [-0.2, -0.15) is 0 Å². The van der Waals surface area contributed by atoms with E-state index in [-0.39, 0.29) is 6.10 Å². The molecule has 1 aliphatic heterocycles. The standard InChI is InChI=1S/C9H16N2O3S/c1-13-9(12)11-10-8(15)6-7-4-2-3-5-14-7/h7H,2-6H2,1H3,(H,10,15)(H,11,12). The van der Waals surface area contributed by atoms with Crippen LogP contribution in [-0.4, -0.2) is 30.9 Å². The van der Waals surface area contributed by atoms with Crippen molar-refractivity contribution in [2.24, 2.45) is 0 Å². The first-order valence-electron chi connectivity index (χ1n) is 4.97. The van der Waals surface area contributed by atoms with Gasteiger partial charge in [-0.25, -0.2) is 10.2 Å². The molecule has 15 heavy (non-hydrogen) atoms. The lowest BCUT2D eigenvalue weighted by molar-refractivity contribution is 0.0209. The summed E-state index contributed by atoms with van der Waals surface area (Å²) in [5, 5.41) is 0. The lowest BCUT2D eigenvalue weighted by atomic mass is 10.1. The number of ether oxygens (including phenoxy) is 2. The second-order valence-corrected chi connectivity index (χ2v) is 3.85. The third-order valence-electron chi connectivity index (χ3n) is 2.18. The molecule has 6 heteroatoms. The lowest BCUT2D eigenvalue weighted by Crippen LogP contribution is -2.42. The second-order valence-electron chi connectivity index (χ2n) is 3.36. The molecule has 0 saturated carbocycles. The van der Waals surface area contributed by atoms with E-state index in [1.54, 1.807) is 0 Å². The van der Waals surface area contributed by atoms with E-state index in [2.05, 4.69) is 15.6 Å². The molecule has 2 N–H and O–H groups in total. The molecule has 0 aromatic carbocycles. The third kappa shape index (κ3) is 4.94. The number of thiocarbonyl (C=S) groups is 1. The Hall–Kier alpha value is -0.880. The highest BCUT2D eigenvalue weighted by Gasteiger charge is 2.15. The number of carbonyl (C=O) groups excluding carboxylic acids is 1. The zero-order chi connectivity index (χ0) is 11.1. The van der Waals surface area contributed by atoms with Crippen LogP contribution in [0.5, 0.6) is 0 Å². The number of methoxy groups -OCH3 is 1. The highest BCUT2D eigenvalue weighted by atomic mass is 32.1. The van der Waals surface area contributed by atoms with Crippen molar-refractivity contribution in [1.29, 1.82) is 0 Å². The van der Waals surface area contributed by atoms with Gasteiger partial charge in [0.2, 0.25) is 0 Å². The number of amides is 1. The van der Waals surface area contributed by atoms with Crippen molar-refractivity contribution in [2.45, 2.75) is 31.8 Å². The number of nitrogens with one attached hydrogen (secondary N) is 2. The molecule has 0 aromatic rings. The van der Waals surface area contributed by atoms with Crippen LogP contribution in [0.3, 0.4) is 0 Å². The van der Waals surface area contributed by atoms with E-state index in [1.807, 2.05) is 0 Å². The van der Waals surface area contributed by atoms with Crippen molar-refractivity contribution in [3.8, 4) is 0 Å². The summed E-state index contributed by atoms with van der Waals surface area (Å²) in [5.74, 6) is 0. The summed E-state index contributed by atoms with van der Waals surface area (Å²) < 4.78 is 9.90. The average Bonchev–Trinajstić information content (AvgIpc) is 2.27. The van der Waals surface area contributed by atoms with Gasteiger partial charge in [0.25, 0.3) is 0 Å². The predicted octanol–water partition coefficient (Wildman–Crippen LogP) is 1.13. The molecule has 0 bridgehead atoms. The minimum Gasteiger partial charge on any atom is -0.452 e. The van der Waals surface area contributed by atoms with E-state index < -0.39 is 6.09 Å². The van der Waals surface area contributed by atoms with Gasteiger partial charge < -0.3 is 9.47 Å². The Morgan fingerprint density at radius 3 is 2.93 bits per heavy atom. The summed E-state index contributed by atoms with van der Waals surface area (Å²) in [4.78, 5) is 11.3. The van der Waals surface area contributed by atoms with Gasteiger partial charge in [0.05, 0.1) is 18.2 Å². The fourth-order valence-corrected chi connectivity index (χ4v) is 1.63. The van der Waals surface area contributed by atoms with Gasteiger partial charge >= 0.3 is 6.09 Å². The van der Waals surface area contributed by atoms with Gasteiger partial charge in [0.1, 0.15) is 0 Å². The molecule has 1 fully saturated rings. The number of carbonyl (C=O) groups is 1. The molecule has 1 amide bonds. The van der Waals surface area contributed by atoms with Crippen LogP contribution < -0.4 is 10.9 Å². The summed E-state index contributed by atoms with van der Waals surface area (Å²) >= 11 is 5.04.